The van der Waals surface area contributed by atoms with E-state index < -0.39 is 0 Å². The number of nitrogens with zero attached hydrogens (tertiary/aromatic N) is 2. The number of nitrogens with one attached hydrogen (secondary N) is 1. The van der Waals surface area contributed by atoms with Crippen molar-refractivity contribution in [3.05, 3.63) is 28.2 Å². The van der Waals surface area contributed by atoms with Crippen LogP contribution in [0.5, 0.6) is 0 Å². The Kier molecular flexibility index (Phi) is 6.32. The van der Waals surface area contributed by atoms with Crippen molar-refractivity contribution in [2.45, 2.75) is 32.7 Å². The molecule has 1 aliphatic rings. The number of amides is 1. The molecule has 2 rings (SSSR count). The van der Waals surface area contributed by atoms with E-state index in [0.717, 1.165) is 32.6 Å². The molecule has 0 unspecified atom stereocenters. The van der Waals surface area contributed by atoms with E-state index in [0.29, 0.717) is 22.3 Å². The van der Waals surface area contributed by atoms with Crippen LogP contribution in [0, 0.1) is 0 Å². The molecule has 1 aromatic carbocycles. The second-order valence-electron chi connectivity index (χ2n) is 6.96. The molecule has 6 heteroatoms. The number of rotatable bonds is 3. The maximum atomic E-state index is 12.3. The van der Waals surface area contributed by atoms with Gasteiger partial charge in [0.2, 0.25) is 5.91 Å². The van der Waals surface area contributed by atoms with Crippen molar-refractivity contribution in [1.29, 1.82) is 0 Å². The predicted octanol–water partition coefficient (Wildman–Crippen LogP) is 3.74. The molecule has 23 heavy (non-hydrogen) atoms. The van der Waals surface area contributed by atoms with Crippen molar-refractivity contribution < 1.29 is 4.79 Å². The van der Waals surface area contributed by atoms with Gasteiger partial charge >= 0.3 is 0 Å². The van der Waals surface area contributed by atoms with Crippen LogP contribution in [-0.4, -0.2) is 54.0 Å². The molecule has 1 aromatic rings. The molecule has 1 fully saturated rings. The summed E-state index contributed by atoms with van der Waals surface area (Å²) in [6, 6.07) is 5.06. The van der Waals surface area contributed by atoms with Crippen molar-refractivity contribution >= 4 is 34.8 Å². The van der Waals surface area contributed by atoms with E-state index in [9.17, 15) is 4.79 Å². The number of hydrogen-bond donors (Lipinski definition) is 1. The highest BCUT2D eigenvalue weighted by molar-refractivity contribution is 6.35. The van der Waals surface area contributed by atoms with Gasteiger partial charge in [-0.25, -0.2) is 0 Å². The van der Waals surface area contributed by atoms with Crippen LogP contribution in [0.2, 0.25) is 10.0 Å². The first-order valence-corrected chi connectivity index (χ1v) is 8.73. The van der Waals surface area contributed by atoms with Crippen LogP contribution in [0.3, 0.4) is 0 Å². The van der Waals surface area contributed by atoms with Crippen LogP contribution in [0.25, 0.3) is 0 Å². The molecule has 1 N–H and O–H groups in total. The van der Waals surface area contributed by atoms with Gasteiger partial charge in [-0.1, -0.05) is 23.2 Å². The number of benzene rings is 1. The Morgan fingerprint density at radius 3 is 2.61 bits per heavy atom. The molecular formula is C17H25Cl2N3O. The van der Waals surface area contributed by atoms with Crippen molar-refractivity contribution in [3.8, 4) is 0 Å². The van der Waals surface area contributed by atoms with Crippen LogP contribution in [0.4, 0.5) is 5.69 Å². The molecule has 1 aliphatic heterocycles. The van der Waals surface area contributed by atoms with Gasteiger partial charge in [0, 0.05) is 23.7 Å². The highest BCUT2D eigenvalue weighted by Gasteiger charge is 2.24. The molecule has 4 nitrogen and oxygen atoms in total. The number of anilines is 1. The highest BCUT2D eigenvalue weighted by Crippen LogP contribution is 2.25. The van der Waals surface area contributed by atoms with Gasteiger partial charge in [-0.05, 0) is 58.5 Å². The lowest BCUT2D eigenvalue weighted by Gasteiger charge is -2.34. The van der Waals surface area contributed by atoms with Gasteiger partial charge in [0.05, 0.1) is 17.3 Å². The van der Waals surface area contributed by atoms with Gasteiger partial charge in [0.15, 0.2) is 0 Å². The molecule has 1 saturated heterocycles. The number of hydrogen-bond acceptors (Lipinski definition) is 3. The van der Waals surface area contributed by atoms with Crippen LogP contribution < -0.4 is 5.32 Å². The minimum Gasteiger partial charge on any atom is -0.324 e. The van der Waals surface area contributed by atoms with Crippen molar-refractivity contribution in [1.82, 2.24) is 9.80 Å². The van der Waals surface area contributed by atoms with Crippen molar-refractivity contribution in [3.63, 3.8) is 0 Å². The maximum absolute atomic E-state index is 12.3. The minimum atomic E-state index is -0.0571. The Morgan fingerprint density at radius 1 is 1.17 bits per heavy atom. The molecule has 0 radical (unpaired) electrons. The summed E-state index contributed by atoms with van der Waals surface area (Å²) in [7, 11) is 0. The molecule has 0 atom stereocenters. The molecule has 128 valence electrons. The first-order chi connectivity index (χ1) is 10.8. The van der Waals surface area contributed by atoms with Gasteiger partial charge in [0.25, 0.3) is 0 Å². The van der Waals surface area contributed by atoms with Crippen molar-refractivity contribution in [2.75, 3.05) is 38.0 Å². The molecule has 0 aromatic heterocycles. The summed E-state index contributed by atoms with van der Waals surface area (Å²) < 4.78 is 0. The predicted molar refractivity (Wildman–Crippen MR) is 97.5 cm³/mol. The molecule has 1 heterocycles. The summed E-state index contributed by atoms with van der Waals surface area (Å²) in [4.78, 5) is 16.9. The highest BCUT2D eigenvalue weighted by atomic mass is 35.5. The number of carbonyl (C=O) groups is 1. The normalized spacial score (nSPS) is 17.8. The minimum absolute atomic E-state index is 0.0571. The second-order valence-corrected chi connectivity index (χ2v) is 7.80. The van der Waals surface area contributed by atoms with E-state index in [2.05, 4.69) is 35.9 Å². The number of carbonyl (C=O) groups excluding carboxylic acids is 1. The Hall–Kier alpha value is -0.810. The fourth-order valence-corrected chi connectivity index (χ4v) is 3.12. The van der Waals surface area contributed by atoms with Gasteiger partial charge < -0.3 is 5.32 Å². The Balaban J connectivity index is 1.89. The molecule has 1 amide bonds. The van der Waals surface area contributed by atoms with Crippen LogP contribution in [0.1, 0.15) is 27.2 Å². The van der Waals surface area contributed by atoms with E-state index in [4.69, 9.17) is 23.2 Å². The van der Waals surface area contributed by atoms with E-state index >= 15 is 0 Å². The van der Waals surface area contributed by atoms with Gasteiger partial charge in [0.1, 0.15) is 0 Å². The molecule has 0 bridgehead atoms. The Labute approximate surface area is 148 Å². The van der Waals surface area contributed by atoms with Gasteiger partial charge in [-0.3, -0.25) is 14.6 Å². The Bertz CT molecular complexity index is 557. The zero-order valence-corrected chi connectivity index (χ0v) is 15.5. The van der Waals surface area contributed by atoms with E-state index in [-0.39, 0.29) is 11.4 Å². The number of halogens is 2. The van der Waals surface area contributed by atoms with E-state index in [1.807, 2.05) is 0 Å². The smallest absolute Gasteiger partial charge is 0.238 e. The first-order valence-electron chi connectivity index (χ1n) is 7.98. The molecular weight excluding hydrogens is 333 g/mol. The summed E-state index contributed by atoms with van der Waals surface area (Å²) in [6.45, 7) is 11.0. The topological polar surface area (TPSA) is 35.6 Å². The molecule has 0 saturated carbocycles. The maximum Gasteiger partial charge on any atom is 0.238 e. The van der Waals surface area contributed by atoms with Gasteiger partial charge in [-0.15, -0.1) is 0 Å². The van der Waals surface area contributed by atoms with Crippen LogP contribution >= 0.6 is 23.2 Å². The largest absolute Gasteiger partial charge is 0.324 e. The summed E-state index contributed by atoms with van der Waals surface area (Å²) in [6.07, 6.45) is 1.07. The van der Waals surface area contributed by atoms with Gasteiger partial charge in [-0.2, -0.15) is 0 Å². The standard InChI is InChI=1S/C17H25Cl2N3O/c1-17(2,3)22-8-4-7-21(9-10-22)12-16(23)20-15-11-13(18)5-6-14(15)19/h5-6,11H,4,7-10,12H2,1-3H3,(H,20,23). The third-order valence-electron chi connectivity index (χ3n) is 4.11. The summed E-state index contributed by atoms with van der Waals surface area (Å²) in [5, 5.41) is 3.90. The molecule has 0 aliphatic carbocycles. The third-order valence-corrected chi connectivity index (χ3v) is 4.67. The zero-order valence-electron chi connectivity index (χ0n) is 14.0. The second kappa shape index (κ2) is 7.84. The van der Waals surface area contributed by atoms with E-state index in [1.54, 1.807) is 18.2 Å². The quantitative estimate of drug-likeness (QED) is 0.894. The molecule has 0 spiro atoms. The summed E-state index contributed by atoms with van der Waals surface area (Å²) in [5.41, 5.74) is 0.738. The summed E-state index contributed by atoms with van der Waals surface area (Å²) in [5.74, 6) is -0.0571. The lowest BCUT2D eigenvalue weighted by atomic mass is 10.1. The van der Waals surface area contributed by atoms with Crippen LogP contribution in [-0.2, 0) is 4.79 Å². The zero-order chi connectivity index (χ0) is 17.0. The fraction of sp³-hybridized carbons (Fsp3) is 0.588. The average molecular weight is 358 g/mol. The van der Waals surface area contributed by atoms with Crippen LogP contribution in [0.15, 0.2) is 18.2 Å². The lowest BCUT2D eigenvalue weighted by Crippen LogP contribution is -2.44. The van der Waals surface area contributed by atoms with Crippen molar-refractivity contribution in [2.24, 2.45) is 0 Å². The average Bonchev–Trinajstić information content (AvgIpc) is 2.68. The Morgan fingerprint density at radius 2 is 1.91 bits per heavy atom. The lowest BCUT2D eigenvalue weighted by molar-refractivity contribution is -0.117. The SMILES string of the molecule is CC(C)(C)N1CCCN(CC(=O)Nc2cc(Cl)ccc2Cl)CC1. The van der Waals surface area contributed by atoms with E-state index in [1.165, 1.54) is 0 Å². The monoisotopic (exact) mass is 357 g/mol. The fourth-order valence-electron chi connectivity index (χ4n) is 2.79. The third kappa shape index (κ3) is 5.64. The summed E-state index contributed by atoms with van der Waals surface area (Å²) >= 11 is 12.0. The first kappa shape index (κ1) is 18.5.